The van der Waals surface area contributed by atoms with Gasteiger partial charge in [-0.3, -0.25) is 4.90 Å². The number of rotatable bonds is 1. The second-order valence-corrected chi connectivity index (χ2v) is 3.72. The molecule has 4 heteroatoms. The Kier molecular flexibility index (Phi) is 2.32. The molecule has 2 fully saturated rings. The number of aliphatic hydroxyl groups excluding tert-OH is 1. The van der Waals surface area contributed by atoms with Crippen molar-refractivity contribution in [2.24, 2.45) is 5.73 Å². The van der Waals surface area contributed by atoms with Gasteiger partial charge in [-0.1, -0.05) is 0 Å². The molecule has 0 spiro atoms. The summed E-state index contributed by atoms with van der Waals surface area (Å²) in [6, 6.07) is 0.483. The van der Waals surface area contributed by atoms with Crippen LogP contribution in [0.4, 0.5) is 0 Å². The topological polar surface area (TPSA) is 58.7 Å². The van der Waals surface area contributed by atoms with Crippen molar-refractivity contribution in [1.82, 2.24) is 4.90 Å². The smallest absolute Gasteiger partial charge is 0.0950 e. The van der Waals surface area contributed by atoms with Crippen LogP contribution in [-0.4, -0.2) is 54.5 Å². The van der Waals surface area contributed by atoms with Crippen LogP contribution < -0.4 is 5.73 Å². The zero-order valence-electron chi connectivity index (χ0n) is 7.15. The highest BCUT2D eigenvalue weighted by molar-refractivity contribution is 4.89. The maximum atomic E-state index is 9.53. The SMILES string of the molecule is N[C@H]1CCN(C2COCC2O)C1. The molecule has 2 heterocycles. The highest BCUT2D eigenvalue weighted by Gasteiger charge is 2.34. The summed E-state index contributed by atoms with van der Waals surface area (Å²) in [7, 11) is 0. The second-order valence-electron chi connectivity index (χ2n) is 3.72. The van der Waals surface area contributed by atoms with Crippen LogP contribution in [0, 0.1) is 0 Å². The molecule has 2 unspecified atom stereocenters. The summed E-state index contributed by atoms with van der Waals surface area (Å²) in [5.74, 6) is 0. The van der Waals surface area contributed by atoms with E-state index in [4.69, 9.17) is 10.5 Å². The molecule has 0 saturated carbocycles. The molecule has 0 aromatic carbocycles. The minimum atomic E-state index is -0.310. The fourth-order valence-corrected chi connectivity index (χ4v) is 2.00. The molecule has 0 bridgehead atoms. The largest absolute Gasteiger partial charge is 0.389 e. The zero-order valence-corrected chi connectivity index (χ0v) is 7.15. The number of ether oxygens (including phenoxy) is 1. The Balaban J connectivity index is 1.91. The van der Waals surface area contributed by atoms with Gasteiger partial charge >= 0.3 is 0 Å². The Morgan fingerprint density at radius 1 is 1.42 bits per heavy atom. The molecule has 0 amide bonds. The van der Waals surface area contributed by atoms with E-state index in [0.717, 1.165) is 19.5 Å². The van der Waals surface area contributed by atoms with Crippen molar-refractivity contribution in [3.63, 3.8) is 0 Å². The maximum Gasteiger partial charge on any atom is 0.0950 e. The van der Waals surface area contributed by atoms with Crippen molar-refractivity contribution in [2.75, 3.05) is 26.3 Å². The van der Waals surface area contributed by atoms with E-state index in [-0.39, 0.29) is 18.2 Å². The van der Waals surface area contributed by atoms with Crippen LogP contribution in [0.5, 0.6) is 0 Å². The van der Waals surface area contributed by atoms with Crippen LogP contribution in [0.3, 0.4) is 0 Å². The minimum absolute atomic E-state index is 0.193. The Morgan fingerprint density at radius 2 is 2.25 bits per heavy atom. The Hall–Kier alpha value is -0.160. The lowest BCUT2D eigenvalue weighted by atomic mass is 10.2. The van der Waals surface area contributed by atoms with Gasteiger partial charge in [0, 0.05) is 19.1 Å². The number of hydrogen-bond acceptors (Lipinski definition) is 4. The predicted molar refractivity (Wildman–Crippen MR) is 44.8 cm³/mol. The van der Waals surface area contributed by atoms with Gasteiger partial charge in [0.1, 0.15) is 0 Å². The number of nitrogens with two attached hydrogens (primary N) is 1. The average molecular weight is 172 g/mol. The molecule has 0 aromatic heterocycles. The van der Waals surface area contributed by atoms with Gasteiger partial charge in [-0.2, -0.15) is 0 Å². The van der Waals surface area contributed by atoms with Crippen molar-refractivity contribution in [3.8, 4) is 0 Å². The molecule has 3 atom stereocenters. The fourth-order valence-electron chi connectivity index (χ4n) is 2.00. The van der Waals surface area contributed by atoms with Crippen molar-refractivity contribution in [2.45, 2.75) is 24.6 Å². The van der Waals surface area contributed by atoms with Gasteiger partial charge in [0.15, 0.2) is 0 Å². The summed E-state index contributed by atoms with van der Waals surface area (Å²) < 4.78 is 5.18. The molecule has 2 aliphatic heterocycles. The lowest BCUT2D eigenvalue weighted by Gasteiger charge is -2.24. The summed E-state index contributed by atoms with van der Waals surface area (Å²) >= 11 is 0. The van der Waals surface area contributed by atoms with Gasteiger partial charge in [0.2, 0.25) is 0 Å². The van der Waals surface area contributed by atoms with E-state index in [2.05, 4.69) is 4.90 Å². The monoisotopic (exact) mass is 172 g/mol. The van der Waals surface area contributed by atoms with Crippen LogP contribution in [0.2, 0.25) is 0 Å². The third-order valence-corrected chi connectivity index (χ3v) is 2.75. The van der Waals surface area contributed by atoms with Crippen LogP contribution >= 0.6 is 0 Å². The first kappa shape index (κ1) is 8.44. The van der Waals surface area contributed by atoms with Crippen LogP contribution in [0.15, 0.2) is 0 Å². The molecular formula is C8H16N2O2. The van der Waals surface area contributed by atoms with E-state index >= 15 is 0 Å². The summed E-state index contributed by atoms with van der Waals surface area (Å²) in [5.41, 5.74) is 5.77. The van der Waals surface area contributed by atoms with E-state index in [1.165, 1.54) is 0 Å². The third-order valence-electron chi connectivity index (χ3n) is 2.75. The van der Waals surface area contributed by atoms with E-state index in [1.807, 2.05) is 0 Å². The molecule has 2 aliphatic rings. The fraction of sp³-hybridized carbons (Fsp3) is 1.00. The summed E-state index contributed by atoms with van der Waals surface area (Å²) in [5, 5.41) is 9.53. The second kappa shape index (κ2) is 3.30. The molecule has 4 nitrogen and oxygen atoms in total. The van der Waals surface area contributed by atoms with E-state index in [1.54, 1.807) is 0 Å². The van der Waals surface area contributed by atoms with Crippen LogP contribution in [0.1, 0.15) is 6.42 Å². The number of nitrogens with zero attached hydrogens (tertiary/aromatic N) is 1. The molecule has 2 saturated heterocycles. The van der Waals surface area contributed by atoms with Gasteiger partial charge < -0.3 is 15.6 Å². The molecule has 0 aromatic rings. The lowest BCUT2D eigenvalue weighted by molar-refractivity contribution is 0.0943. The van der Waals surface area contributed by atoms with Crippen molar-refractivity contribution < 1.29 is 9.84 Å². The van der Waals surface area contributed by atoms with Crippen molar-refractivity contribution >= 4 is 0 Å². The van der Waals surface area contributed by atoms with E-state index in [0.29, 0.717) is 13.2 Å². The Morgan fingerprint density at radius 3 is 2.75 bits per heavy atom. The number of hydrogen-bond donors (Lipinski definition) is 2. The quantitative estimate of drug-likeness (QED) is 0.520. The molecule has 70 valence electrons. The van der Waals surface area contributed by atoms with Gasteiger partial charge in [0.05, 0.1) is 25.4 Å². The number of likely N-dealkylation sites (tertiary alicyclic amines) is 1. The molecular weight excluding hydrogens is 156 g/mol. The first-order valence-corrected chi connectivity index (χ1v) is 4.53. The van der Waals surface area contributed by atoms with Gasteiger partial charge in [-0.05, 0) is 6.42 Å². The van der Waals surface area contributed by atoms with Crippen molar-refractivity contribution in [1.29, 1.82) is 0 Å². The highest BCUT2D eigenvalue weighted by atomic mass is 16.5. The van der Waals surface area contributed by atoms with Crippen LogP contribution in [-0.2, 0) is 4.74 Å². The molecule has 0 aliphatic carbocycles. The summed E-state index contributed by atoms with van der Waals surface area (Å²) in [6.45, 7) is 3.06. The lowest BCUT2D eigenvalue weighted by Crippen LogP contribution is -2.42. The van der Waals surface area contributed by atoms with E-state index in [9.17, 15) is 5.11 Å². The molecule has 2 rings (SSSR count). The number of aliphatic hydroxyl groups is 1. The standard InChI is InChI=1S/C8H16N2O2/c9-6-1-2-10(3-6)7-4-12-5-8(7)11/h6-8,11H,1-5,9H2/t6-,7?,8?/m0/s1. The first-order chi connectivity index (χ1) is 5.77. The first-order valence-electron chi connectivity index (χ1n) is 4.53. The highest BCUT2D eigenvalue weighted by Crippen LogP contribution is 2.18. The normalized spacial score (nSPS) is 44.0. The predicted octanol–water partition coefficient (Wildman–Crippen LogP) is -1.22. The van der Waals surface area contributed by atoms with Gasteiger partial charge in [-0.25, -0.2) is 0 Å². The average Bonchev–Trinajstić information content (AvgIpc) is 2.58. The van der Waals surface area contributed by atoms with Crippen LogP contribution in [0.25, 0.3) is 0 Å². The van der Waals surface area contributed by atoms with Crippen molar-refractivity contribution in [3.05, 3.63) is 0 Å². The Bertz CT molecular complexity index is 165. The maximum absolute atomic E-state index is 9.53. The summed E-state index contributed by atoms with van der Waals surface area (Å²) in [4.78, 5) is 2.24. The molecule has 3 N–H and O–H groups in total. The third kappa shape index (κ3) is 1.47. The van der Waals surface area contributed by atoms with Gasteiger partial charge in [0.25, 0.3) is 0 Å². The van der Waals surface area contributed by atoms with E-state index < -0.39 is 0 Å². The Labute approximate surface area is 72.3 Å². The minimum Gasteiger partial charge on any atom is -0.389 e. The van der Waals surface area contributed by atoms with Gasteiger partial charge in [-0.15, -0.1) is 0 Å². The summed E-state index contributed by atoms with van der Waals surface area (Å²) in [6.07, 6.45) is 0.735. The zero-order chi connectivity index (χ0) is 8.55. The molecule has 0 radical (unpaired) electrons. The molecule has 12 heavy (non-hydrogen) atoms.